The van der Waals surface area contributed by atoms with Crippen molar-refractivity contribution in [3.63, 3.8) is 0 Å². The Morgan fingerprint density at radius 2 is 2.24 bits per heavy atom. The van der Waals surface area contributed by atoms with Gasteiger partial charge in [0, 0.05) is 17.4 Å². The zero-order valence-corrected chi connectivity index (χ0v) is 11.5. The maximum absolute atomic E-state index is 11.6. The van der Waals surface area contributed by atoms with E-state index in [9.17, 15) is 4.79 Å². The molecule has 1 amide bonds. The van der Waals surface area contributed by atoms with Crippen LogP contribution in [0.5, 0.6) is 0 Å². The highest BCUT2D eigenvalue weighted by atomic mass is 16.1. The fourth-order valence-corrected chi connectivity index (χ4v) is 2.06. The number of aromatic amines is 1. The van der Waals surface area contributed by atoms with Crippen LogP contribution in [0, 0.1) is 0 Å². The highest BCUT2D eigenvalue weighted by molar-refractivity contribution is 5.99. The van der Waals surface area contributed by atoms with Crippen LogP contribution in [0.3, 0.4) is 0 Å². The number of H-pyrrole nitrogens is 1. The Morgan fingerprint density at radius 3 is 3.10 bits per heavy atom. The maximum atomic E-state index is 11.6. The Bertz CT molecular complexity index is 820. The van der Waals surface area contributed by atoms with Gasteiger partial charge in [0.15, 0.2) is 5.65 Å². The van der Waals surface area contributed by atoms with Crippen LogP contribution in [0.1, 0.15) is 6.92 Å². The second kappa shape index (κ2) is 5.58. The summed E-state index contributed by atoms with van der Waals surface area (Å²) in [5, 5.41) is 2.81. The number of nitrogens with one attached hydrogen (secondary N) is 2. The molecule has 0 fully saturated rings. The molecule has 0 bridgehead atoms. The molecular weight excluding hydrogens is 264 g/mol. The summed E-state index contributed by atoms with van der Waals surface area (Å²) in [7, 11) is 0. The summed E-state index contributed by atoms with van der Waals surface area (Å²) in [4.78, 5) is 23.4. The first-order valence-corrected chi connectivity index (χ1v) is 6.60. The van der Waals surface area contributed by atoms with Crippen molar-refractivity contribution in [2.75, 3.05) is 5.32 Å². The van der Waals surface area contributed by atoms with Gasteiger partial charge < -0.3 is 10.3 Å². The lowest BCUT2D eigenvalue weighted by Gasteiger charge is -2.05. The van der Waals surface area contributed by atoms with Gasteiger partial charge in [-0.2, -0.15) is 0 Å². The molecule has 104 valence electrons. The predicted molar refractivity (Wildman–Crippen MR) is 82.8 cm³/mol. The predicted octanol–water partition coefficient (Wildman–Crippen LogP) is 3.14. The fourth-order valence-electron chi connectivity index (χ4n) is 2.06. The molecule has 0 aliphatic rings. The normalized spacial score (nSPS) is 11.1. The molecular formula is C16H14N4O. The largest absolute Gasteiger partial charge is 0.345 e. The van der Waals surface area contributed by atoms with E-state index in [1.54, 1.807) is 19.2 Å². The summed E-state index contributed by atoms with van der Waals surface area (Å²) >= 11 is 0. The smallest absolute Gasteiger partial charge is 0.248 e. The number of allylic oxidation sites excluding steroid dienone is 1. The lowest BCUT2D eigenvalue weighted by molar-refractivity contribution is -0.111. The first kappa shape index (κ1) is 13.1. The zero-order valence-electron chi connectivity index (χ0n) is 11.5. The first-order chi connectivity index (χ1) is 10.3. The van der Waals surface area contributed by atoms with E-state index in [1.165, 1.54) is 6.08 Å². The van der Waals surface area contributed by atoms with E-state index in [0.29, 0.717) is 0 Å². The first-order valence-electron chi connectivity index (χ1n) is 6.60. The molecule has 5 nitrogen and oxygen atoms in total. The Kier molecular flexibility index (Phi) is 3.47. The van der Waals surface area contributed by atoms with Crippen LogP contribution in [0.2, 0.25) is 0 Å². The molecule has 0 radical (unpaired) electrons. The van der Waals surface area contributed by atoms with Gasteiger partial charge in [-0.15, -0.1) is 0 Å². The minimum absolute atomic E-state index is 0.151. The average Bonchev–Trinajstić information content (AvgIpc) is 2.95. The van der Waals surface area contributed by atoms with Crippen molar-refractivity contribution >= 4 is 22.8 Å². The highest BCUT2D eigenvalue weighted by Gasteiger charge is 2.05. The van der Waals surface area contributed by atoms with Gasteiger partial charge in [-0.1, -0.05) is 18.2 Å². The molecule has 2 N–H and O–H groups in total. The minimum atomic E-state index is -0.151. The van der Waals surface area contributed by atoms with Crippen LogP contribution in [0.15, 0.2) is 54.9 Å². The van der Waals surface area contributed by atoms with E-state index in [0.717, 1.165) is 28.1 Å². The number of hydrogen-bond donors (Lipinski definition) is 2. The standard InChI is InChI=1S/C16H14N4O/c1-2-4-15(21)19-12-6-3-5-11(9-12)14-10-18-16-13(20-14)7-8-17-16/h2-10H,1H3,(H,17,18)(H,19,21)/b4-2+. The number of nitrogens with zero attached hydrogens (tertiary/aromatic N) is 2. The van der Waals surface area contributed by atoms with Gasteiger partial charge in [-0.05, 0) is 31.2 Å². The van der Waals surface area contributed by atoms with E-state index in [1.807, 2.05) is 36.5 Å². The second-order valence-electron chi connectivity index (χ2n) is 4.54. The molecule has 0 saturated heterocycles. The molecule has 3 rings (SSSR count). The van der Waals surface area contributed by atoms with Crippen LogP contribution >= 0.6 is 0 Å². The average molecular weight is 278 g/mol. The fraction of sp³-hybridized carbons (Fsp3) is 0.0625. The van der Waals surface area contributed by atoms with Crippen LogP contribution in [-0.2, 0) is 4.79 Å². The summed E-state index contributed by atoms with van der Waals surface area (Å²) in [5.74, 6) is -0.151. The number of rotatable bonds is 3. The molecule has 0 spiro atoms. The van der Waals surface area contributed by atoms with Crippen molar-refractivity contribution in [3.8, 4) is 11.3 Å². The van der Waals surface area contributed by atoms with Gasteiger partial charge in [0.25, 0.3) is 0 Å². The Hall–Kier alpha value is -2.95. The summed E-state index contributed by atoms with van der Waals surface area (Å²) in [6.07, 6.45) is 6.71. The summed E-state index contributed by atoms with van der Waals surface area (Å²) < 4.78 is 0. The molecule has 0 aliphatic carbocycles. The molecule has 1 aromatic carbocycles. The zero-order chi connectivity index (χ0) is 14.7. The second-order valence-corrected chi connectivity index (χ2v) is 4.54. The van der Waals surface area contributed by atoms with Gasteiger partial charge in [-0.3, -0.25) is 4.79 Å². The molecule has 2 aromatic heterocycles. The maximum Gasteiger partial charge on any atom is 0.248 e. The van der Waals surface area contributed by atoms with Crippen LogP contribution in [0.25, 0.3) is 22.4 Å². The topological polar surface area (TPSA) is 70.7 Å². The molecule has 0 unspecified atom stereocenters. The molecule has 21 heavy (non-hydrogen) atoms. The van der Waals surface area contributed by atoms with E-state index in [4.69, 9.17) is 0 Å². The third kappa shape index (κ3) is 2.81. The van der Waals surface area contributed by atoms with Gasteiger partial charge in [0.05, 0.1) is 11.9 Å². The van der Waals surface area contributed by atoms with Crippen molar-refractivity contribution in [3.05, 3.63) is 54.9 Å². The molecule has 0 atom stereocenters. The van der Waals surface area contributed by atoms with Crippen molar-refractivity contribution < 1.29 is 4.79 Å². The monoisotopic (exact) mass is 278 g/mol. The molecule has 3 aromatic rings. The van der Waals surface area contributed by atoms with Gasteiger partial charge in [-0.25, -0.2) is 9.97 Å². The number of aromatic nitrogens is 3. The van der Waals surface area contributed by atoms with Crippen LogP contribution in [-0.4, -0.2) is 20.9 Å². The molecule has 5 heteroatoms. The van der Waals surface area contributed by atoms with E-state index >= 15 is 0 Å². The van der Waals surface area contributed by atoms with E-state index in [2.05, 4.69) is 20.3 Å². The number of anilines is 1. The number of benzene rings is 1. The molecule has 0 saturated carbocycles. The Labute approximate surface area is 121 Å². The minimum Gasteiger partial charge on any atom is -0.345 e. The third-order valence-corrected chi connectivity index (χ3v) is 3.00. The summed E-state index contributed by atoms with van der Waals surface area (Å²) in [6.45, 7) is 1.80. The Morgan fingerprint density at radius 1 is 1.33 bits per heavy atom. The number of carbonyl (C=O) groups is 1. The lowest BCUT2D eigenvalue weighted by atomic mass is 10.1. The third-order valence-electron chi connectivity index (χ3n) is 3.00. The summed E-state index contributed by atoms with van der Waals surface area (Å²) in [5.41, 5.74) is 3.98. The number of carbonyl (C=O) groups excluding carboxylic acids is 1. The Balaban J connectivity index is 1.93. The van der Waals surface area contributed by atoms with Crippen LogP contribution in [0.4, 0.5) is 5.69 Å². The van der Waals surface area contributed by atoms with Crippen molar-refractivity contribution in [1.29, 1.82) is 0 Å². The summed E-state index contributed by atoms with van der Waals surface area (Å²) in [6, 6.07) is 9.41. The number of fused-ring (bicyclic) bond motifs is 1. The van der Waals surface area contributed by atoms with Gasteiger partial charge in [0.1, 0.15) is 5.52 Å². The van der Waals surface area contributed by atoms with Crippen molar-refractivity contribution in [1.82, 2.24) is 15.0 Å². The molecule has 2 heterocycles. The van der Waals surface area contributed by atoms with E-state index in [-0.39, 0.29) is 5.91 Å². The number of amides is 1. The van der Waals surface area contributed by atoms with Crippen molar-refractivity contribution in [2.24, 2.45) is 0 Å². The highest BCUT2D eigenvalue weighted by Crippen LogP contribution is 2.22. The molecule has 0 aliphatic heterocycles. The van der Waals surface area contributed by atoms with Gasteiger partial charge in [0.2, 0.25) is 5.91 Å². The quantitative estimate of drug-likeness (QED) is 0.723. The van der Waals surface area contributed by atoms with Crippen LogP contribution < -0.4 is 5.32 Å². The SMILES string of the molecule is C/C=C/C(=O)Nc1cccc(-c2cnc3[nH]ccc3n2)c1. The van der Waals surface area contributed by atoms with Gasteiger partial charge >= 0.3 is 0 Å². The van der Waals surface area contributed by atoms with E-state index < -0.39 is 0 Å². The lowest BCUT2D eigenvalue weighted by Crippen LogP contribution is -2.07. The number of hydrogen-bond acceptors (Lipinski definition) is 3. The van der Waals surface area contributed by atoms with Crippen molar-refractivity contribution in [2.45, 2.75) is 6.92 Å².